The molecular formula is C15H16N2O3. The van der Waals surface area contributed by atoms with Gasteiger partial charge in [-0.15, -0.1) is 6.42 Å². The van der Waals surface area contributed by atoms with Crippen molar-refractivity contribution < 1.29 is 9.72 Å². The zero-order valence-corrected chi connectivity index (χ0v) is 11.2. The Morgan fingerprint density at radius 1 is 1.60 bits per heavy atom. The van der Waals surface area contributed by atoms with Crippen LogP contribution in [0.5, 0.6) is 0 Å². The van der Waals surface area contributed by atoms with Crippen LogP contribution < -0.4 is 5.32 Å². The number of rotatable bonds is 6. The molecule has 0 aliphatic carbocycles. The van der Waals surface area contributed by atoms with Crippen molar-refractivity contribution in [3.63, 3.8) is 0 Å². The van der Waals surface area contributed by atoms with E-state index in [1.807, 2.05) is 6.92 Å². The number of non-ortho nitro benzene ring substituents is 1. The summed E-state index contributed by atoms with van der Waals surface area (Å²) >= 11 is 0. The Bertz CT molecular complexity index is 558. The maximum Gasteiger partial charge on any atom is 0.270 e. The lowest BCUT2D eigenvalue weighted by Crippen LogP contribution is -2.32. The topological polar surface area (TPSA) is 72.2 Å². The van der Waals surface area contributed by atoms with Crippen molar-refractivity contribution in [1.29, 1.82) is 0 Å². The summed E-state index contributed by atoms with van der Waals surface area (Å²) in [6, 6.07) is 5.75. The summed E-state index contributed by atoms with van der Waals surface area (Å²) < 4.78 is 0. The van der Waals surface area contributed by atoms with E-state index in [1.165, 1.54) is 24.3 Å². The molecule has 1 unspecified atom stereocenters. The van der Waals surface area contributed by atoms with Crippen molar-refractivity contribution in [2.75, 3.05) is 0 Å². The molecular weight excluding hydrogens is 256 g/mol. The molecule has 0 spiro atoms. The summed E-state index contributed by atoms with van der Waals surface area (Å²) in [6.45, 7) is 1.98. The molecule has 0 heterocycles. The van der Waals surface area contributed by atoms with Crippen LogP contribution in [0, 0.1) is 22.5 Å². The van der Waals surface area contributed by atoms with Crippen LogP contribution in [0.1, 0.15) is 25.3 Å². The van der Waals surface area contributed by atoms with Crippen LogP contribution in [-0.2, 0) is 4.79 Å². The van der Waals surface area contributed by atoms with E-state index in [2.05, 4.69) is 11.2 Å². The number of nitrogens with zero attached hydrogens (tertiary/aromatic N) is 1. The highest BCUT2D eigenvalue weighted by Crippen LogP contribution is 2.14. The number of amides is 1. The third-order valence-electron chi connectivity index (χ3n) is 2.60. The average molecular weight is 272 g/mol. The molecule has 20 heavy (non-hydrogen) atoms. The molecule has 0 radical (unpaired) electrons. The largest absolute Gasteiger partial charge is 0.339 e. The Morgan fingerprint density at radius 3 is 2.95 bits per heavy atom. The number of nitrogens with one attached hydrogen (secondary N) is 1. The second-order valence-corrected chi connectivity index (χ2v) is 4.20. The van der Waals surface area contributed by atoms with Gasteiger partial charge in [-0.2, -0.15) is 0 Å². The zero-order chi connectivity index (χ0) is 15.0. The van der Waals surface area contributed by atoms with Gasteiger partial charge in [0.25, 0.3) is 5.69 Å². The number of hydrogen-bond acceptors (Lipinski definition) is 3. The minimum Gasteiger partial charge on any atom is -0.339 e. The fourth-order valence-corrected chi connectivity index (χ4v) is 1.62. The highest BCUT2D eigenvalue weighted by atomic mass is 16.6. The molecule has 104 valence electrons. The van der Waals surface area contributed by atoms with E-state index in [0.29, 0.717) is 12.0 Å². The fraction of sp³-hybridized carbons (Fsp3) is 0.267. The van der Waals surface area contributed by atoms with Gasteiger partial charge < -0.3 is 5.32 Å². The average Bonchev–Trinajstić information content (AvgIpc) is 2.45. The molecule has 1 rings (SSSR count). The Morgan fingerprint density at radius 2 is 2.35 bits per heavy atom. The van der Waals surface area contributed by atoms with Gasteiger partial charge in [0.05, 0.1) is 11.0 Å². The number of carbonyl (C=O) groups excluding carboxylic acids is 1. The van der Waals surface area contributed by atoms with Gasteiger partial charge in [-0.25, -0.2) is 0 Å². The lowest BCUT2D eigenvalue weighted by atomic mass is 10.1. The first kappa shape index (κ1) is 15.4. The number of hydrogen-bond donors (Lipinski definition) is 1. The van der Waals surface area contributed by atoms with Crippen LogP contribution >= 0.6 is 0 Å². The molecule has 1 atom stereocenters. The molecule has 0 bridgehead atoms. The second-order valence-electron chi connectivity index (χ2n) is 4.20. The first-order valence-electron chi connectivity index (χ1n) is 6.26. The van der Waals surface area contributed by atoms with Gasteiger partial charge in [0.1, 0.15) is 0 Å². The second kappa shape index (κ2) is 7.74. The predicted molar refractivity (Wildman–Crippen MR) is 77.8 cm³/mol. The Balaban J connectivity index is 2.68. The van der Waals surface area contributed by atoms with Gasteiger partial charge >= 0.3 is 0 Å². The van der Waals surface area contributed by atoms with Crippen LogP contribution in [0.4, 0.5) is 5.69 Å². The number of benzene rings is 1. The highest BCUT2D eigenvalue weighted by molar-refractivity contribution is 5.92. The highest BCUT2D eigenvalue weighted by Gasteiger charge is 2.06. The molecule has 0 saturated heterocycles. The Labute approximate surface area is 117 Å². The van der Waals surface area contributed by atoms with Crippen molar-refractivity contribution in [2.45, 2.75) is 25.8 Å². The lowest BCUT2D eigenvalue weighted by molar-refractivity contribution is -0.384. The Kier molecular flexibility index (Phi) is 5.98. The molecule has 0 fully saturated rings. The van der Waals surface area contributed by atoms with E-state index in [1.54, 1.807) is 12.1 Å². The van der Waals surface area contributed by atoms with Gasteiger partial charge in [-0.1, -0.05) is 31.4 Å². The van der Waals surface area contributed by atoms with E-state index >= 15 is 0 Å². The maximum absolute atomic E-state index is 11.7. The SMILES string of the molecule is C#CC(CCC)NC(=O)/C=C/c1cccc([N+](=O)[O-])c1. The molecule has 0 saturated carbocycles. The monoisotopic (exact) mass is 272 g/mol. The van der Waals surface area contributed by atoms with E-state index in [9.17, 15) is 14.9 Å². The van der Waals surface area contributed by atoms with Crippen LogP contribution in [0.3, 0.4) is 0 Å². The summed E-state index contributed by atoms with van der Waals surface area (Å²) in [7, 11) is 0. The first-order chi connectivity index (χ1) is 9.56. The van der Waals surface area contributed by atoms with E-state index in [4.69, 9.17) is 6.42 Å². The number of carbonyl (C=O) groups is 1. The van der Waals surface area contributed by atoms with Crippen LogP contribution in [0.15, 0.2) is 30.3 Å². The normalized spacial score (nSPS) is 11.8. The predicted octanol–water partition coefficient (Wildman–Crippen LogP) is 2.53. The van der Waals surface area contributed by atoms with E-state index < -0.39 is 4.92 Å². The van der Waals surface area contributed by atoms with Crippen molar-refractivity contribution in [3.05, 3.63) is 46.0 Å². The van der Waals surface area contributed by atoms with Gasteiger partial charge in [0, 0.05) is 18.2 Å². The molecule has 1 N–H and O–H groups in total. The number of terminal acetylenes is 1. The third-order valence-corrected chi connectivity index (χ3v) is 2.60. The summed E-state index contributed by atoms with van der Waals surface area (Å²) in [5.74, 6) is 2.19. The van der Waals surface area contributed by atoms with Gasteiger partial charge in [-0.05, 0) is 18.1 Å². The summed E-state index contributed by atoms with van der Waals surface area (Å²) in [5.41, 5.74) is 0.571. The molecule has 1 aromatic rings. The molecule has 0 aliphatic rings. The Hall–Kier alpha value is -2.61. The molecule has 5 nitrogen and oxygen atoms in total. The molecule has 0 aliphatic heterocycles. The van der Waals surface area contributed by atoms with Gasteiger partial charge in [-0.3, -0.25) is 14.9 Å². The quantitative estimate of drug-likeness (QED) is 0.374. The van der Waals surface area contributed by atoms with Crippen molar-refractivity contribution in [3.8, 4) is 12.3 Å². The van der Waals surface area contributed by atoms with Crippen LogP contribution in [0.2, 0.25) is 0 Å². The van der Waals surface area contributed by atoms with Crippen molar-refractivity contribution in [2.24, 2.45) is 0 Å². The smallest absolute Gasteiger partial charge is 0.270 e. The van der Waals surface area contributed by atoms with Crippen LogP contribution in [0.25, 0.3) is 6.08 Å². The van der Waals surface area contributed by atoms with Gasteiger partial charge in [0.15, 0.2) is 0 Å². The first-order valence-corrected chi connectivity index (χ1v) is 6.26. The van der Waals surface area contributed by atoms with Crippen molar-refractivity contribution >= 4 is 17.7 Å². The van der Waals surface area contributed by atoms with Gasteiger partial charge in [0.2, 0.25) is 5.91 Å². The zero-order valence-electron chi connectivity index (χ0n) is 11.2. The molecule has 1 aromatic carbocycles. The van der Waals surface area contributed by atoms with Crippen molar-refractivity contribution in [1.82, 2.24) is 5.32 Å². The summed E-state index contributed by atoms with van der Waals surface area (Å²) in [4.78, 5) is 21.8. The standard InChI is InChI=1S/C15H16N2O3/c1-3-6-13(4-2)16-15(18)10-9-12-7-5-8-14(11-12)17(19)20/h2,5,7-11,13H,3,6H2,1H3,(H,16,18)/b10-9+. The summed E-state index contributed by atoms with van der Waals surface area (Å²) in [5, 5.41) is 13.3. The van der Waals surface area contributed by atoms with Crippen LogP contribution in [-0.4, -0.2) is 16.9 Å². The molecule has 5 heteroatoms. The van der Waals surface area contributed by atoms with E-state index in [-0.39, 0.29) is 17.6 Å². The minimum atomic E-state index is -0.479. The van der Waals surface area contributed by atoms with E-state index in [0.717, 1.165) is 6.42 Å². The maximum atomic E-state index is 11.7. The lowest BCUT2D eigenvalue weighted by Gasteiger charge is -2.09. The number of nitro groups is 1. The number of nitro benzene ring substituents is 1. The fourth-order valence-electron chi connectivity index (χ4n) is 1.62. The minimum absolute atomic E-state index is 0.0138. The molecule has 0 aromatic heterocycles. The molecule has 1 amide bonds. The summed E-state index contributed by atoms with van der Waals surface area (Å²) in [6.07, 6.45) is 9.73. The third kappa shape index (κ3) is 4.94.